The van der Waals surface area contributed by atoms with Crippen LogP contribution in [0.5, 0.6) is 0 Å². The van der Waals surface area contributed by atoms with Gasteiger partial charge in [-0.25, -0.2) is 9.78 Å². The number of urea groups is 1. The molecular weight excluding hydrogens is 457 g/mol. The number of carbonyl (C=O) groups excluding carboxylic acids is 2. The van der Waals surface area contributed by atoms with Crippen LogP contribution in [0.3, 0.4) is 0 Å². The molecule has 162 valence electrons. The topological polar surface area (TPSA) is 71.3 Å². The summed E-state index contributed by atoms with van der Waals surface area (Å²) in [6.07, 6.45) is 4.68. The summed E-state index contributed by atoms with van der Waals surface area (Å²) < 4.78 is 1.72. The SMILES string of the molecule is Cc1nc(N2CCN(Cc3ccc(Cl)c(Cl)c3)C2=O)sc1C(=O)CCc1cnn(C)c1. The van der Waals surface area contributed by atoms with Gasteiger partial charge in [-0.2, -0.15) is 5.10 Å². The van der Waals surface area contributed by atoms with Gasteiger partial charge in [-0.05, 0) is 36.6 Å². The van der Waals surface area contributed by atoms with Crippen LogP contribution in [0.15, 0.2) is 30.6 Å². The van der Waals surface area contributed by atoms with E-state index in [0.29, 0.717) is 58.2 Å². The van der Waals surface area contributed by atoms with E-state index >= 15 is 0 Å². The molecular formula is C21H21Cl2N5O2S. The number of aromatic nitrogens is 3. The number of carbonyl (C=O) groups is 2. The van der Waals surface area contributed by atoms with Gasteiger partial charge < -0.3 is 4.90 Å². The van der Waals surface area contributed by atoms with Crippen LogP contribution in [0.2, 0.25) is 10.0 Å². The second-order valence-corrected chi connectivity index (χ2v) is 9.25. The molecule has 0 N–H and O–H groups in total. The van der Waals surface area contributed by atoms with Crippen molar-refractivity contribution in [1.29, 1.82) is 0 Å². The van der Waals surface area contributed by atoms with E-state index in [4.69, 9.17) is 23.2 Å². The average Bonchev–Trinajstić information content (AvgIpc) is 3.42. The molecule has 1 aliphatic rings. The zero-order valence-electron chi connectivity index (χ0n) is 17.1. The van der Waals surface area contributed by atoms with E-state index in [1.807, 2.05) is 26.2 Å². The van der Waals surface area contributed by atoms with E-state index in [2.05, 4.69) is 10.1 Å². The van der Waals surface area contributed by atoms with Crippen LogP contribution < -0.4 is 4.90 Å². The Balaban J connectivity index is 1.42. The predicted octanol–water partition coefficient (Wildman–Crippen LogP) is 4.75. The Hall–Kier alpha value is -2.42. The summed E-state index contributed by atoms with van der Waals surface area (Å²) in [6.45, 7) is 3.34. The molecule has 2 amide bonds. The third-order valence-corrected chi connectivity index (χ3v) is 7.08. The number of halogens is 2. The molecule has 7 nitrogen and oxygen atoms in total. The number of benzene rings is 1. The number of thiazole rings is 1. The van der Waals surface area contributed by atoms with Crippen molar-refractivity contribution in [2.45, 2.75) is 26.3 Å². The molecule has 0 radical (unpaired) electrons. The lowest BCUT2D eigenvalue weighted by molar-refractivity contribution is 0.0986. The Morgan fingerprint density at radius 3 is 2.71 bits per heavy atom. The van der Waals surface area contributed by atoms with Crippen molar-refractivity contribution in [3.8, 4) is 0 Å². The minimum absolute atomic E-state index is 0.0319. The lowest BCUT2D eigenvalue weighted by Crippen LogP contribution is -2.31. The van der Waals surface area contributed by atoms with Crippen molar-refractivity contribution < 1.29 is 9.59 Å². The highest BCUT2D eigenvalue weighted by molar-refractivity contribution is 7.17. The van der Waals surface area contributed by atoms with Crippen LogP contribution in [0.1, 0.15) is 32.9 Å². The third kappa shape index (κ3) is 4.76. The van der Waals surface area contributed by atoms with Crippen LogP contribution in [-0.4, -0.2) is 44.6 Å². The molecule has 2 aromatic heterocycles. The minimum atomic E-state index is -0.130. The van der Waals surface area contributed by atoms with E-state index in [1.165, 1.54) is 11.3 Å². The molecule has 0 aliphatic carbocycles. The van der Waals surface area contributed by atoms with Crippen LogP contribution in [-0.2, 0) is 20.0 Å². The summed E-state index contributed by atoms with van der Waals surface area (Å²) >= 11 is 13.3. The second-order valence-electron chi connectivity index (χ2n) is 7.46. The van der Waals surface area contributed by atoms with E-state index in [9.17, 15) is 9.59 Å². The fourth-order valence-corrected chi connectivity index (χ4v) is 4.87. The van der Waals surface area contributed by atoms with Crippen molar-refractivity contribution >= 4 is 51.5 Å². The summed E-state index contributed by atoms with van der Waals surface area (Å²) in [5, 5.41) is 5.64. The number of nitrogens with zero attached hydrogens (tertiary/aromatic N) is 5. The van der Waals surface area contributed by atoms with Gasteiger partial charge in [0.2, 0.25) is 0 Å². The quantitative estimate of drug-likeness (QED) is 0.460. The predicted molar refractivity (Wildman–Crippen MR) is 122 cm³/mol. The maximum atomic E-state index is 12.9. The van der Waals surface area contributed by atoms with Gasteiger partial charge >= 0.3 is 6.03 Å². The molecule has 1 saturated heterocycles. The first-order valence-corrected chi connectivity index (χ1v) is 11.4. The lowest BCUT2D eigenvalue weighted by Gasteiger charge is -2.17. The number of hydrogen-bond donors (Lipinski definition) is 0. The van der Waals surface area contributed by atoms with E-state index < -0.39 is 0 Å². The summed E-state index contributed by atoms with van der Waals surface area (Å²) in [4.78, 5) is 34.1. The Morgan fingerprint density at radius 2 is 2.00 bits per heavy atom. The Kier molecular flexibility index (Phi) is 6.31. The smallest absolute Gasteiger partial charge is 0.318 e. The molecule has 3 heterocycles. The van der Waals surface area contributed by atoms with Crippen LogP contribution in [0, 0.1) is 6.92 Å². The maximum Gasteiger partial charge on any atom is 0.326 e. The van der Waals surface area contributed by atoms with Gasteiger partial charge in [-0.3, -0.25) is 14.4 Å². The number of ketones is 1. The van der Waals surface area contributed by atoms with E-state index in [1.54, 1.807) is 32.8 Å². The number of hydrogen-bond acceptors (Lipinski definition) is 5. The minimum Gasteiger partial charge on any atom is -0.318 e. The zero-order chi connectivity index (χ0) is 22.1. The van der Waals surface area contributed by atoms with Crippen molar-refractivity contribution in [3.63, 3.8) is 0 Å². The fourth-order valence-electron chi connectivity index (χ4n) is 3.49. The molecule has 3 aromatic rings. The monoisotopic (exact) mass is 477 g/mol. The van der Waals surface area contributed by atoms with Crippen LogP contribution in [0.4, 0.5) is 9.93 Å². The van der Waals surface area contributed by atoms with Gasteiger partial charge in [0.15, 0.2) is 10.9 Å². The van der Waals surface area contributed by atoms with Crippen molar-refractivity contribution in [3.05, 3.63) is 62.3 Å². The molecule has 0 atom stereocenters. The highest BCUT2D eigenvalue weighted by Gasteiger charge is 2.32. The Morgan fingerprint density at radius 1 is 1.19 bits per heavy atom. The van der Waals surface area contributed by atoms with Gasteiger partial charge in [0, 0.05) is 39.3 Å². The largest absolute Gasteiger partial charge is 0.326 e. The number of amides is 2. The molecule has 0 bridgehead atoms. The molecule has 0 unspecified atom stereocenters. The first-order chi connectivity index (χ1) is 14.8. The van der Waals surface area contributed by atoms with Gasteiger partial charge in [0.1, 0.15) is 0 Å². The number of anilines is 1. The summed E-state index contributed by atoms with van der Waals surface area (Å²) in [5.41, 5.74) is 2.59. The van der Waals surface area contributed by atoms with Crippen LogP contribution in [0.25, 0.3) is 0 Å². The van der Waals surface area contributed by atoms with Crippen LogP contribution >= 0.6 is 34.5 Å². The molecule has 0 spiro atoms. The van der Waals surface area contributed by atoms with Gasteiger partial charge in [0.25, 0.3) is 0 Å². The molecule has 10 heteroatoms. The standard InChI is InChI=1S/C21H21Cl2N5O2S/c1-13-19(18(29)6-4-15-10-24-26(2)11-15)31-20(25-13)28-8-7-27(21(28)30)12-14-3-5-16(22)17(23)9-14/h3,5,9-11H,4,6-8,12H2,1-2H3. The first-order valence-electron chi connectivity index (χ1n) is 9.80. The van der Waals surface area contributed by atoms with E-state index in [0.717, 1.165) is 11.1 Å². The van der Waals surface area contributed by atoms with Gasteiger partial charge in [-0.1, -0.05) is 40.6 Å². The molecule has 1 aliphatic heterocycles. The van der Waals surface area contributed by atoms with E-state index in [-0.39, 0.29) is 11.8 Å². The number of Topliss-reactive ketones (excluding diaryl/α,β-unsaturated/α-hetero) is 1. The fraction of sp³-hybridized carbons (Fsp3) is 0.333. The molecule has 31 heavy (non-hydrogen) atoms. The molecule has 1 fully saturated rings. The molecule has 0 saturated carbocycles. The average molecular weight is 478 g/mol. The first kappa shape index (κ1) is 21.8. The third-order valence-electron chi connectivity index (χ3n) is 5.12. The zero-order valence-corrected chi connectivity index (χ0v) is 19.5. The molecule has 1 aromatic carbocycles. The second kappa shape index (κ2) is 8.98. The molecule has 4 rings (SSSR count). The van der Waals surface area contributed by atoms with Crippen molar-refractivity contribution in [2.75, 3.05) is 18.0 Å². The Labute approximate surface area is 194 Å². The van der Waals surface area contributed by atoms with Gasteiger partial charge in [0.05, 0.1) is 26.8 Å². The normalized spacial score (nSPS) is 14.0. The summed E-state index contributed by atoms with van der Waals surface area (Å²) in [5.74, 6) is 0.0319. The highest BCUT2D eigenvalue weighted by atomic mass is 35.5. The summed E-state index contributed by atoms with van der Waals surface area (Å²) in [7, 11) is 1.85. The lowest BCUT2D eigenvalue weighted by atomic mass is 10.1. The van der Waals surface area contributed by atoms with Crippen molar-refractivity contribution in [1.82, 2.24) is 19.7 Å². The van der Waals surface area contributed by atoms with Crippen molar-refractivity contribution in [2.24, 2.45) is 7.05 Å². The highest BCUT2D eigenvalue weighted by Crippen LogP contribution is 2.31. The Bertz CT molecular complexity index is 1140. The maximum absolute atomic E-state index is 12.9. The van der Waals surface area contributed by atoms with Gasteiger partial charge in [-0.15, -0.1) is 0 Å². The number of aryl methyl sites for hydroxylation is 3. The number of rotatable bonds is 7. The summed E-state index contributed by atoms with van der Waals surface area (Å²) in [6, 6.07) is 5.23.